The summed E-state index contributed by atoms with van der Waals surface area (Å²) in [5.74, 6) is -1.61. The minimum Gasteiger partial charge on any atom is -0.507 e. The van der Waals surface area contributed by atoms with Crippen molar-refractivity contribution in [2.75, 3.05) is 19.1 Å². The van der Waals surface area contributed by atoms with Crippen LogP contribution in [-0.4, -0.2) is 31.0 Å². The monoisotopic (exact) mass is 561 g/mol. The Hall–Kier alpha value is -3.79. The second kappa shape index (κ2) is 9.69. The highest BCUT2D eigenvalue weighted by atomic mass is 79.9. The molecule has 1 atom stereocenters. The number of carbonyl (C=O) groups is 2. The first-order valence-corrected chi connectivity index (χ1v) is 11.3. The van der Waals surface area contributed by atoms with E-state index in [0.717, 1.165) is 23.1 Å². The molecular formula is C26H19BrF3NO5. The zero-order valence-electron chi connectivity index (χ0n) is 19.0. The number of amides is 1. The SMILES string of the molecule is COc1ccc(C2/C(=C(\O)c3ccc(OC)c(Br)c3)C(=O)C(=O)N2c2cccc(C(F)(F)F)c2)cc1. The summed E-state index contributed by atoms with van der Waals surface area (Å²) in [6.07, 6.45) is -4.66. The normalized spacial score (nSPS) is 17.4. The number of carbonyl (C=O) groups excluding carboxylic acids is 2. The molecule has 0 saturated carbocycles. The van der Waals surface area contributed by atoms with Crippen molar-refractivity contribution in [3.05, 3.63) is 93.5 Å². The lowest BCUT2D eigenvalue weighted by atomic mass is 9.95. The fourth-order valence-electron chi connectivity index (χ4n) is 4.00. The van der Waals surface area contributed by atoms with Gasteiger partial charge in [-0.2, -0.15) is 13.2 Å². The van der Waals surface area contributed by atoms with E-state index in [1.54, 1.807) is 30.3 Å². The summed E-state index contributed by atoms with van der Waals surface area (Å²) in [5, 5.41) is 11.2. The summed E-state index contributed by atoms with van der Waals surface area (Å²) in [4.78, 5) is 27.4. The molecule has 1 aliphatic heterocycles. The van der Waals surface area contributed by atoms with E-state index in [4.69, 9.17) is 9.47 Å². The zero-order chi connectivity index (χ0) is 26.2. The van der Waals surface area contributed by atoms with Crippen LogP contribution in [0.25, 0.3) is 5.76 Å². The van der Waals surface area contributed by atoms with E-state index in [0.29, 0.717) is 21.5 Å². The maximum absolute atomic E-state index is 13.4. The van der Waals surface area contributed by atoms with Crippen molar-refractivity contribution in [3.8, 4) is 11.5 Å². The molecule has 186 valence electrons. The van der Waals surface area contributed by atoms with E-state index in [-0.39, 0.29) is 16.8 Å². The van der Waals surface area contributed by atoms with Crippen LogP contribution < -0.4 is 14.4 Å². The molecule has 0 bridgehead atoms. The summed E-state index contributed by atoms with van der Waals surface area (Å²) >= 11 is 3.32. The van der Waals surface area contributed by atoms with E-state index < -0.39 is 35.2 Å². The van der Waals surface area contributed by atoms with E-state index in [1.165, 1.54) is 32.4 Å². The number of alkyl halides is 3. The largest absolute Gasteiger partial charge is 0.507 e. The minimum atomic E-state index is -4.66. The minimum absolute atomic E-state index is 0.136. The van der Waals surface area contributed by atoms with Gasteiger partial charge >= 0.3 is 6.18 Å². The summed E-state index contributed by atoms with van der Waals surface area (Å²) < 4.78 is 51.1. The molecule has 1 N–H and O–H groups in total. The molecule has 3 aromatic carbocycles. The predicted octanol–water partition coefficient (Wildman–Crippen LogP) is 6.11. The first-order chi connectivity index (χ1) is 17.1. The molecule has 1 saturated heterocycles. The molecule has 0 spiro atoms. The Morgan fingerprint density at radius 1 is 0.972 bits per heavy atom. The number of anilines is 1. The predicted molar refractivity (Wildman–Crippen MR) is 130 cm³/mol. The molecule has 0 aliphatic carbocycles. The third-order valence-corrected chi connectivity index (χ3v) is 6.37. The summed E-state index contributed by atoms with van der Waals surface area (Å²) in [7, 11) is 2.93. The van der Waals surface area contributed by atoms with E-state index in [1.807, 2.05) is 0 Å². The number of nitrogens with zero attached hydrogens (tertiary/aromatic N) is 1. The molecule has 10 heteroatoms. The smallest absolute Gasteiger partial charge is 0.416 e. The first kappa shape index (κ1) is 25.3. The van der Waals surface area contributed by atoms with Gasteiger partial charge in [0.15, 0.2) is 0 Å². The van der Waals surface area contributed by atoms with Crippen LogP contribution in [0.5, 0.6) is 11.5 Å². The lowest BCUT2D eigenvalue weighted by molar-refractivity contribution is -0.137. The maximum Gasteiger partial charge on any atom is 0.416 e. The van der Waals surface area contributed by atoms with Crippen LogP contribution in [0.2, 0.25) is 0 Å². The number of aliphatic hydroxyl groups is 1. The number of rotatable bonds is 5. The standard InChI is InChI=1S/C26H19BrF3NO5/c1-35-18-9-6-14(7-10-18)22-21(23(32)15-8-11-20(36-2)19(27)12-15)24(33)25(34)31(22)17-5-3-4-16(13-17)26(28,29)30/h3-13,22,32H,1-2H3/b23-21+. The number of benzene rings is 3. The number of aliphatic hydroxyl groups excluding tert-OH is 1. The third kappa shape index (κ3) is 4.56. The fraction of sp³-hybridized carbons (Fsp3) is 0.154. The summed E-state index contributed by atoms with van der Waals surface area (Å²) in [5.41, 5.74) is -0.776. The van der Waals surface area contributed by atoms with Crippen LogP contribution in [0.1, 0.15) is 22.7 Å². The Morgan fingerprint density at radius 2 is 1.67 bits per heavy atom. The highest BCUT2D eigenvalue weighted by Crippen LogP contribution is 2.44. The van der Waals surface area contributed by atoms with Crippen molar-refractivity contribution in [2.45, 2.75) is 12.2 Å². The summed E-state index contributed by atoms with van der Waals surface area (Å²) in [6.45, 7) is 0. The van der Waals surface area contributed by atoms with Gasteiger partial charge in [-0.05, 0) is 70.0 Å². The zero-order valence-corrected chi connectivity index (χ0v) is 20.6. The number of ether oxygens (including phenoxy) is 2. The summed E-state index contributed by atoms with van der Waals surface area (Å²) in [6, 6.07) is 13.8. The number of hydrogen-bond donors (Lipinski definition) is 1. The molecule has 1 unspecified atom stereocenters. The molecule has 1 fully saturated rings. The number of Topliss-reactive ketones (excluding diaryl/α,β-unsaturated/α-hetero) is 1. The van der Waals surface area contributed by atoms with Crippen molar-refractivity contribution in [1.82, 2.24) is 0 Å². The van der Waals surface area contributed by atoms with Gasteiger partial charge < -0.3 is 14.6 Å². The topological polar surface area (TPSA) is 76.1 Å². The van der Waals surface area contributed by atoms with Crippen LogP contribution in [-0.2, 0) is 15.8 Å². The Balaban J connectivity index is 1.94. The molecule has 0 aromatic heterocycles. The highest BCUT2D eigenvalue weighted by molar-refractivity contribution is 9.10. The average Bonchev–Trinajstić information content (AvgIpc) is 3.13. The van der Waals surface area contributed by atoms with Gasteiger partial charge in [-0.1, -0.05) is 18.2 Å². The molecule has 3 aromatic rings. The molecule has 4 rings (SSSR count). The lowest BCUT2D eigenvalue weighted by Crippen LogP contribution is -2.29. The van der Waals surface area contributed by atoms with Gasteiger partial charge in [0.1, 0.15) is 17.3 Å². The lowest BCUT2D eigenvalue weighted by Gasteiger charge is -2.26. The average molecular weight is 562 g/mol. The van der Waals surface area contributed by atoms with Crippen LogP contribution >= 0.6 is 15.9 Å². The van der Waals surface area contributed by atoms with Crippen LogP contribution in [0.3, 0.4) is 0 Å². The van der Waals surface area contributed by atoms with E-state index in [2.05, 4.69) is 15.9 Å². The van der Waals surface area contributed by atoms with Gasteiger partial charge in [0.05, 0.1) is 35.9 Å². The van der Waals surface area contributed by atoms with E-state index >= 15 is 0 Å². The number of methoxy groups -OCH3 is 2. The molecule has 6 nitrogen and oxygen atoms in total. The Kier molecular flexibility index (Phi) is 6.81. The molecule has 36 heavy (non-hydrogen) atoms. The van der Waals surface area contributed by atoms with Crippen molar-refractivity contribution in [3.63, 3.8) is 0 Å². The van der Waals surface area contributed by atoms with Gasteiger partial charge in [0.2, 0.25) is 0 Å². The highest BCUT2D eigenvalue weighted by Gasteiger charge is 2.47. The Bertz CT molecular complexity index is 1370. The van der Waals surface area contributed by atoms with E-state index in [9.17, 15) is 27.9 Å². The molecule has 0 radical (unpaired) electrons. The second-order valence-corrected chi connectivity index (χ2v) is 8.69. The maximum atomic E-state index is 13.4. The molecule has 1 aliphatic rings. The quantitative estimate of drug-likeness (QED) is 0.231. The first-order valence-electron chi connectivity index (χ1n) is 10.5. The molecule has 1 amide bonds. The Morgan fingerprint density at radius 3 is 2.25 bits per heavy atom. The van der Waals surface area contributed by atoms with Gasteiger partial charge in [0, 0.05) is 11.3 Å². The third-order valence-electron chi connectivity index (χ3n) is 5.75. The number of ketones is 1. The van der Waals surface area contributed by atoms with Crippen molar-refractivity contribution in [2.24, 2.45) is 0 Å². The van der Waals surface area contributed by atoms with Crippen LogP contribution in [0.15, 0.2) is 76.8 Å². The molecule has 1 heterocycles. The second-order valence-electron chi connectivity index (χ2n) is 7.84. The van der Waals surface area contributed by atoms with Crippen LogP contribution in [0, 0.1) is 0 Å². The van der Waals surface area contributed by atoms with Crippen LogP contribution in [0.4, 0.5) is 18.9 Å². The van der Waals surface area contributed by atoms with Gasteiger partial charge in [-0.3, -0.25) is 14.5 Å². The van der Waals surface area contributed by atoms with Crippen molar-refractivity contribution >= 4 is 39.1 Å². The van der Waals surface area contributed by atoms with Gasteiger partial charge in [-0.15, -0.1) is 0 Å². The number of hydrogen-bond acceptors (Lipinski definition) is 5. The van der Waals surface area contributed by atoms with Gasteiger partial charge in [0.25, 0.3) is 11.7 Å². The number of halogens is 4. The van der Waals surface area contributed by atoms with Crippen molar-refractivity contribution < 1.29 is 37.3 Å². The fourth-order valence-corrected chi connectivity index (χ4v) is 4.54. The molecular weight excluding hydrogens is 543 g/mol. The van der Waals surface area contributed by atoms with Gasteiger partial charge in [-0.25, -0.2) is 0 Å². The Labute approximate surface area is 212 Å². The van der Waals surface area contributed by atoms with Crippen molar-refractivity contribution in [1.29, 1.82) is 0 Å².